The highest BCUT2D eigenvalue weighted by molar-refractivity contribution is 6.31. The average molecular weight is 255 g/mol. The molecule has 1 aromatic rings. The van der Waals surface area contributed by atoms with E-state index in [1.165, 1.54) is 0 Å². The van der Waals surface area contributed by atoms with Crippen molar-refractivity contribution in [3.63, 3.8) is 0 Å². The minimum atomic E-state index is -4.00. The van der Waals surface area contributed by atoms with Gasteiger partial charge in [0.25, 0.3) is 0 Å². The molecule has 0 aliphatic heterocycles. The van der Waals surface area contributed by atoms with Crippen molar-refractivity contribution in [2.45, 2.75) is 12.0 Å². The lowest BCUT2D eigenvalue weighted by Gasteiger charge is -2.08. The van der Waals surface area contributed by atoms with Gasteiger partial charge in [-0.15, -0.1) is 0 Å². The molecule has 0 bridgehead atoms. The molecule has 0 aromatic heterocycles. The fourth-order valence-corrected chi connectivity index (χ4v) is 1.09. The van der Waals surface area contributed by atoms with Gasteiger partial charge in [-0.25, -0.2) is 4.79 Å². The highest BCUT2D eigenvalue weighted by Crippen LogP contribution is 2.22. The molecule has 0 spiro atoms. The number of halogens is 4. The molecule has 1 rings (SSSR count). The quantitative estimate of drug-likeness (QED) is 0.612. The van der Waals surface area contributed by atoms with Gasteiger partial charge in [-0.05, 0) is 17.7 Å². The first-order chi connectivity index (χ1) is 6.91. The highest BCUT2D eigenvalue weighted by atomic mass is 35.5. The molecular weight excluding hydrogens is 249 g/mol. The average Bonchev–Trinajstić information content (AvgIpc) is 2.14. The van der Waals surface area contributed by atoms with Crippen molar-refractivity contribution in [1.29, 1.82) is 0 Å². The van der Waals surface area contributed by atoms with Crippen LogP contribution >= 0.6 is 23.2 Å². The van der Waals surface area contributed by atoms with Crippen LogP contribution in [0, 0.1) is 0 Å². The Kier molecular flexibility index (Phi) is 3.88. The molecule has 0 N–H and O–H groups in total. The molecule has 82 valence electrons. The number of alkyl halides is 3. The minimum absolute atomic E-state index is 0.333. The Morgan fingerprint density at radius 1 is 1.40 bits per heavy atom. The number of hydrogen-bond acceptors (Lipinski definition) is 2. The van der Waals surface area contributed by atoms with Crippen molar-refractivity contribution in [1.82, 2.24) is 0 Å². The fraction of sp³-hybridized carbons (Fsp3) is 0.222. The van der Waals surface area contributed by atoms with Crippen LogP contribution in [0.3, 0.4) is 0 Å². The van der Waals surface area contributed by atoms with Gasteiger partial charge < -0.3 is 4.74 Å². The number of hydrogen-bond donors (Lipinski definition) is 0. The molecular formula is C9H6Cl2F2O2. The van der Waals surface area contributed by atoms with Gasteiger partial charge in [-0.1, -0.05) is 29.8 Å². The van der Waals surface area contributed by atoms with E-state index in [2.05, 4.69) is 16.3 Å². The van der Waals surface area contributed by atoms with E-state index in [0.717, 1.165) is 0 Å². The summed E-state index contributed by atoms with van der Waals surface area (Å²) in [4.78, 5) is 10.6. The lowest BCUT2D eigenvalue weighted by Crippen LogP contribution is -2.24. The molecule has 2 nitrogen and oxygen atoms in total. The smallest absolute Gasteiger partial charge is 0.417 e. The maximum absolute atomic E-state index is 12.2. The molecule has 0 radical (unpaired) electrons. The Balaban J connectivity index is 2.59. The Hall–Kier alpha value is -0.870. The van der Waals surface area contributed by atoms with E-state index >= 15 is 0 Å². The van der Waals surface area contributed by atoms with Gasteiger partial charge in [-0.2, -0.15) is 8.78 Å². The van der Waals surface area contributed by atoms with Crippen molar-refractivity contribution in [2.24, 2.45) is 0 Å². The number of ether oxygens (including phenoxy) is 1. The maximum Gasteiger partial charge on any atom is 0.417 e. The molecule has 1 aromatic carbocycles. The van der Waals surface area contributed by atoms with Gasteiger partial charge in [0, 0.05) is 10.6 Å². The summed E-state index contributed by atoms with van der Waals surface area (Å²) in [6.07, 6.45) is 0. The van der Waals surface area contributed by atoms with Crippen LogP contribution in [0.2, 0.25) is 5.02 Å². The number of carbonyl (C=O) groups is 1. The summed E-state index contributed by atoms with van der Waals surface area (Å²) in [5, 5.41) is -3.66. The molecule has 0 saturated carbocycles. The molecule has 0 saturated heterocycles. The van der Waals surface area contributed by atoms with Crippen LogP contribution in [0.5, 0.6) is 0 Å². The number of benzene rings is 1. The third-order valence-electron chi connectivity index (χ3n) is 1.55. The molecule has 15 heavy (non-hydrogen) atoms. The predicted molar refractivity (Wildman–Crippen MR) is 52.0 cm³/mol. The number of rotatable bonds is 3. The summed E-state index contributed by atoms with van der Waals surface area (Å²) in [5.41, 5.74) is 0.438. The van der Waals surface area contributed by atoms with Crippen LogP contribution in [0.15, 0.2) is 24.3 Å². The molecule has 0 amide bonds. The fourth-order valence-electron chi connectivity index (χ4n) is 0.841. The standard InChI is InChI=1S/C9H6Cl2F2O2/c10-7-4-2-1-3-6(7)5-15-8(14)9(11,12)13/h1-4H,5H2. The Morgan fingerprint density at radius 3 is 2.53 bits per heavy atom. The monoisotopic (exact) mass is 254 g/mol. The van der Waals surface area contributed by atoms with Crippen LogP contribution in [0.1, 0.15) is 5.56 Å². The lowest BCUT2D eigenvalue weighted by atomic mass is 10.2. The van der Waals surface area contributed by atoms with Gasteiger partial charge >= 0.3 is 11.4 Å². The van der Waals surface area contributed by atoms with Gasteiger partial charge in [0.05, 0.1) is 0 Å². The second-order valence-electron chi connectivity index (χ2n) is 2.67. The van der Waals surface area contributed by atoms with Crippen molar-refractivity contribution in [3.8, 4) is 0 Å². The van der Waals surface area contributed by atoms with Gasteiger partial charge in [-0.3, -0.25) is 0 Å². The number of carbonyl (C=O) groups excluding carboxylic acids is 1. The van der Waals surface area contributed by atoms with Crippen molar-refractivity contribution in [3.05, 3.63) is 34.9 Å². The maximum atomic E-state index is 12.2. The van der Waals surface area contributed by atoms with E-state index in [-0.39, 0.29) is 6.61 Å². The van der Waals surface area contributed by atoms with Crippen LogP contribution in [-0.2, 0) is 16.1 Å². The molecule has 0 unspecified atom stereocenters. The van der Waals surface area contributed by atoms with E-state index in [1.54, 1.807) is 24.3 Å². The van der Waals surface area contributed by atoms with E-state index < -0.39 is 11.4 Å². The molecule has 0 atom stereocenters. The highest BCUT2D eigenvalue weighted by Gasteiger charge is 2.37. The molecule has 0 aliphatic rings. The summed E-state index contributed by atoms with van der Waals surface area (Å²) in [7, 11) is 0. The first-order valence-corrected chi connectivity index (χ1v) is 4.64. The van der Waals surface area contributed by atoms with Crippen molar-refractivity contribution >= 4 is 29.2 Å². The van der Waals surface area contributed by atoms with E-state index in [1.807, 2.05) is 0 Å². The van der Waals surface area contributed by atoms with E-state index in [0.29, 0.717) is 10.6 Å². The van der Waals surface area contributed by atoms with Crippen molar-refractivity contribution in [2.75, 3.05) is 0 Å². The number of esters is 1. The second-order valence-corrected chi connectivity index (χ2v) is 3.55. The first kappa shape index (κ1) is 12.2. The minimum Gasteiger partial charge on any atom is -0.455 e. The van der Waals surface area contributed by atoms with E-state index in [4.69, 9.17) is 11.6 Å². The zero-order chi connectivity index (χ0) is 11.5. The zero-order valence-corrected chi connectivity index (χ0v) is 8.86. The summed E-state index contributed by atoms with van der Waals surface area (Å²) in [5.74, 6) is -1.79. The summed E-state index contributed by atoms with van der Waals surface area (Å²) < 4.78 is 28.6. The molecule has 0 heterocycles. The van der Waals surface area contributed by atoms with Crippen LogP contribution in [0.25, 0.3) is 0 Å². The second kappa shape index (κ2) is 4.77. The Morgan fingerprint density at radius 2 is 2.00 bits per heavy atom. The summed E-state index contributed by atoms with van der Waals surface area (Å²) >= 11 is 10.2. The topological polar surface area (TPSA) is 26.3 Å². The van der Waals surface area contributed by atoms with Crippen molar-refractivity contribution < 1.29 is 18.3 Å². The van der Waals surface area contributed by atoms with Gasteiger partial charge in [0.2, 0.25) is 0 Å². The summed E-state index contributed by atoms with van der Waals surface area (Å²) in [6, 6.07) is 6.43. The van der Waals surface area contributed by atoms with Crippen LogP contribution in [-0.4, -0.2) is 11.4 Å². The molecule has 6 heteroatoms. The van der Waals surface area contributed by atoms with Gasteiger partial charge in [0.1, 0.15) is 6.61 Å². The van der Waals surface area contributed by atoms with E-state index in [9.17, 15) is 13.6 Å². The molecule has 0 aliphatic carbocycles. The summed E-state index contributed by atoms with van der Waals surface area (Å²) in [6.45, 7) is -0.333. The normalized spacial score (nSPS) is 11.2. The van der Waals surface area contributed by atoms with Gasteiger partial charge in [0.15, 0.2) is 0 Å². The first-order valence-electron chi connectivity index (χ1n) is 3.88. The zero-order valence-electron chi connectivity index (χ0n) is 7.34. The third kappa shape index (κ3) is 3.64. The largest absolute Gasteiger partial charge is 0.455 e. The Bertz CT molecular complexity index is 363. The SMILES string of the molecule is O=C(OCc1ccccc1Cl)C(F)(F)Cl. The van der Waals surface area contributed by atoms with Crippen LogP contribution in [0.4, 0.5) is 8.78 Å². The predicted octanol–water partition coefficient (Wildman–Crippen LogP) is 3.21. The lowest BCUT2D eigenvalue weighted by molar-refractivity contribution is -0.162. The third-order valence-corrected chi connectivity index (χ3v) is 2.07. The van der Waals surface area contributed by atoms with Crippen LogP contribution < -0.4 is 0 Å². The molecule has 0 fully saturated rings. The Labute approximate surface area is 94.7 Å².